The number of ether oxygens (including phenoxy) is 1. The number of hydrogen-bond acceptors (Lipinski definition) is 2. The van der Waals surface area contributed by atoms with Crippen LogP contribution in [0.5, 0.6) is 0 Å². The molecule has 0 spiro atoms. The first kappa shape index (κ1) is 16.2. The van der Waals surface area contributed by atoms with Crippen molar-refractivity contribution in [2.24, 2.45) is 0 Å². The Bertz CT molecular complexity index is 839. The molecule has 0 saturated carbocycles. The lowest BCUT2D eigenvalue weighted by Gasteiger charge is -2.30. The number of methoxy groups -OCH3 is 1. The molecule has 3 rings (SSSR count). The summed E-state index contributed by atoms with van der Waals surface area (Å²) in [5.74, 6) is -0.139. The molecule has 1 unspecified atom stereocenters. The Morgan fingerprint density at radius 3 is 2.38 bits per heavy atom. The second kappa shape index (κ2) is 6.85. The van der Waals surface area contributed by atoms with Crippen LogP contribution in [-0.4, -0.2) is 18.7 Å². The third kappa shape index (κ3) is 3.47. The summed E-state index contributed by atoms with van der Waals surface area (Å²) < 4.78 is 5.65. The fourth-order valence-corrected chi connectivity index (χ4v) is 2.88. The first-order valence-electron chi connectivity index (χ1n) is 8.01. The van der Waals surface area contributed by atoms with E-state index in [1.807, 2.05) is 43.3 Å². The number of amides is 1. The number of fused-ring (bicyclic) bond motifs is 1. The zero-order chi connectivity index (χ0) is 17.0. The second-order valence-electron chi connectivity index (χ2n) is 6.07. The van der Waals surface area contributed by atoms with Gasteiger partial charge in [-0.15, -0.1) is 0 Å². The molecule has 3 aromatic carbocycles. The van der Waals surface area contributed by atoms with E-state index >= 15 is 0 Å². The van der Waals surface area contributed by atoms with Gasteiger partial charge in [-0.25, -0.2) is 0 Å². The molecule has 3 heteroatoms. The van der Waals surface area contributed by atoms with Crippen LogP contribution < -0.4 is 5.32 Å². The summed E-state index contributed by atoms with van der Waals surface area (Å²) in [4.78, 5) is 12.5. The molecule has 0 heterocycles. The van der Waals surface area contributed by atoms with Crippen LogP contribution in [0.1, 0.15) is 22.8 Å². The highest BCUT2D eigenvalue weighted by molar-refractivity contribution is 5.94. The van der Waals surface area contributed by atoms with Crippen LogP contribution in [-0.2, 0) is 11.2 Å². The van der Waals surface area contributed by atoms with E-state index in [-0.39, 0.29) is 5.91 Å². The van der Waals surface area contributed by atoms with Crippen molar-refractivity contribution in [3.8, 4) is 0 Å². The molecule has 3 nitrogen and oxygen atoms in total. The Balaban J connectivity index is 1.86. The predicted octanol–water partition coefficient (Wildman–Crippen LogP) is 4.17. The van der Waals surface area contributed by atoms with Gasteiger partial charge in [-0.2, -0.15) is 0 Å². The molecule has 1 atom stereocenters. The normalized spacial score (nSPS) is 13.4. The van der Waals surface area contributed by atoms with Crippen LogP contribution in [0.25, 0.3) is 10.8 Å². The number of rotatable bonds is 5. The van der Waals surface area contributed by atoms with E-state index in [4.69, 9.17) is 4.74 Å². The van der Waals surface area contributed by atoms with E-state index in [1.54, 1.807) is 19.2 Å². The molecular weight excluding hydrogens is 298 g/mol. The van der Waals surface area contributed by atoms with Crippen LogP contribution >= 0.6 is 0 Å². The lowest BCUT2D eigenvalue weighted by atomic mass is 9.97. The van der Waals surface area contributed by atoms with Crippen LogP contribution in [0.4, 0.5) is 0 Å². The van der Waals surface area contributed by atoms with Crippen molar-refractivity contribution in [3.63, 3.8) is 0 Å². The van der Waals surface area contributed by atoms with Gasteiger partial charge in [0, 0.05) is 19.1 Å². The zero-order valence-corrected chi connectivity index (χ0v) is 14.0. The van der Waals surface area contributed by atoms with E-state index in [2.05, 4.69) is 29.6 Å². The van der Waals surface area contributed by atoms with Gasteiger partial charge in [0.15, 0.2) is 0 Å². The van der Waals surface area contributed by atoms with Crippen molar-refractivity contribution >= 4 is 16.7 Å². The minimum Gasteiger partial charge on any atom is -0.359 e. The van der Waals surface area contributed by atoms with E-state index in [0.717, 1.165) is 5.56 Å². The Morgan fingerprint density at radius 1 is 0.958 bits per heavy atom. The molecule has 3 aromatic rings. The van der Waals surface area contributed by atoms with Crippen molar-refractivity contribution < 1.29 is 9.53 Å². The van der Waals surface area contributed by atoms with Gasteiger partial charge in [0.2, 0.25) is 0 Å². The van der Waals surface area contributed by atoms with Crippen LogP contribution in [0.2, 0.25) is 0 Å². The SMILES string of the molecule is COC(C)(Cc1cccc2ccccc12)NC(=O)c1ccccc1. The molecule has 0 saturated heterocycles. The molecule has 0 aliphatic carbocycles. The molecule has 24 heavy (non-hydrogen) atoms. The van der Waals surface area contributed by atoms with Gasteiger partial charge in [0.25, 0.3) is 5.91 Å². The van der Waals surface area contributed by atoms with Crippen LogP contribution in [0.15, 0.2) is 72.8 Å². The number of carbonyl (C=O) groups is 1. The van der Waals surface area contributed by atoms with Crippen molar-refractivity contribution in [3.05, 3.63) is 83.9 Å². The van der Waals surface area contributed by atoms with Crippen LogP contribution in [0.3, 0.4) is 0 Å². The fraction of sp³-hybridized carbons (Fsp3) is 0.190. The smallest absolute Gasteiger partial charge is 0.253 e. The standard InChI is InChI=1S/C21H21NO2/c1-21(24-2,22-20(23)17-10-4-3-5-11-17)15-18-13-8-12-16-9-6-7-14-19(16)18/h3-14H,15H2,1-2H3,(H,22,23). The highest BCUT2D eigenvalue weighted by Crippen LogP contribution is 2.23. The molecule has 0 bridgehead atoms. The summed E-state index contributed by atoms with van der Waals surface area (Å²) in [6.45, 7) is 1.90. The third-order valence-corrected chi connectivity index (χ3v) is 4.27. The van der Waals surface area contributed by atoms with Crippen molar-refractivity contribution in [1.29, 1.82) is 0 Å². The van der Waals surface area contributed by atoms with Crippen molar-refractivity contribution in [1.82, 2.24) is 5.32 Å². The summed E-state index contributed by atoms with van der Waals surface area (Å²) in [7, 11) is 1.62. The van der Waals surface area contributed by atoms with Gasteiger partial charge in [-0.1, -0.05) is 60.7 Å². The molecule has 122 valence electrons. The topological polar surface area (TPSA) is 38.3 Å². The van der Waals surface area contributed by atoms with Gasteiger partial charge in [0.05, 0.1) is 0 Å². The maximum Gasteiger partial charge on any atom is 0.253 e. The van der Waals surface area contributed by atoms with Gasteiger partial charge < -0.3 is 10.1 Å². The zero-order valence-electron chi connectivity index (χ0n) is 14.0. The average molecular weight is 319 g/mol. The van der Waals surface area contributed by atoms with Gasteiger partial charge in [-0.3, -0.25) is 4.79 Å². The Hall–Kier alpha value is -2.65. The van der Waals surface area contributed by atoms with Gasteiger partial charge in [-0.05, 0) is 35.4 Å². The Kier molecular flexibility index (Phi) is 4.63. The summed E-state index contributed by atoms with van der Waals surface area (Å²) in [6, 6.07) is 23.6. The van der Waals surface area contributed by atoms with E-state index < -0.39 is 5.72 Å². The van der Waals surface area contributed by atoms with E-state index in [0.29, 0.717) is 12.0 Å². The molecule has 0 aliphatic rings. The first-order chi connectivity index (χ1) is 11.6. The highest BCUT2D eigenvalue weighted by Gasteiger charge is 2.27. The van der Waals surface area contributed by atoms with Crippen molar-refractivity contribution in [2.45, 2.75) is 19.1 Å². The fourth-order valence-electron chi connectivity index (χ4n) is 2.88. The number of nitrogens with one attached hydrogen (secondary N) is 1. The van der Waals surface area contributed by atoms with Gasteiger partial charge >= 0.3 is 0 Å². The largest absolute Gasteiger partial charge is 0.359 e. The lowest BCUT2D eigenvalue weighted by molar-refractivity contribution is -0.0178. The summed E-state index contributed by atoms with van der Waals surface area (Å²) in [5, 5.41) is 5.37. The maximum atomic E-state index is 12.5. The molecule has 0 fully saturated rings. The third-order valence-electron chi connectivity index (χ3n) is 4.27. The number of benzene rings is 3. The van der Waals surface area contributed by atoms with Gasteiger partial charge in [0.1, 0.15) is 5.72 Å². The lowest BCUT2D eigenvalue weighted by Crippen LogP contribution is -2.49. The highest BCUT2D eigenvalue weighted by atomic mass is 16.5. The predicted molar refractivity (Wildman–Crippen MR) is 97.0 cm³/mol. The quantitative estimate of drug-likeness (QED) is 0.717. The molecule has 0 aromatic heterocycles. The average Bonchev–Trinajstić information content (AvgIpc) is 2.63. The Morgan fingerprint density at radius 2 is 1.62 bits per heavy atom. The second-order valence-corrected chi connectivity index (χ2v) is 6.07. The minimum atomic E-state index is -0.781. The number of carbonyl (C=O) groups excluding carboxylic acids is 1. The monoisotopic (exact) mass is 319 g/mol. The summed E-state index contributed by atoms with van der Waals surface area (Å²) in [6.07, 6.45) is 0.587. The maximum absolute atomic E-state index is 12.5. The Labute approximate surface area is 142 Å². The molecule has 1 N–H and O–H groups in total. The summed E-state index contributed by atoms with van der Waals surface area (Å²) >= 11 is 0. The van der Waals surface area contributed by atoms with E-state index in [9.17, 15) is 4.79 Å². The molecule has 1 amide bonds. The van der Waals surface area contributed by atoms with Crippen LogP contribution in [0, 0.1) is 0 Å². The summed E-state index contributed by atoms with van der Waals surface area (Å²) in [5.41, 5.74) is 0.987. The number of hydrogen-bond donors (Lipinski definition) is 1. The van der Waals surface area contributed by atoms with Crippen molar-refractivity contribution in [2.75, 3.05) is 7.11 Å². The van der Waals surface area contributed by atoms with E-state index in [1.165, 1.54) is 10.8 Å². The minimum absolute atomic E-state index is 0.139. The molecular formula is C21H21NO2. The first-order valence-corrected chi connectivity index (χ1v) is 8.01. The molecule has 0 aliphatic heterocycles. The molecule has 0 radical (unpaired) electrons.